The second-order valence-electron chi connectivity index (χ2n) is 2.15. The third kappa shape index (κ3) is 4.32. The number of nitrogens with zero attached hydrogens (tertiary/aromatic N) is 1. The summed E-state index contributed by atoms with van der Waals surface area (Å²) in [5.74, 6) is -0.827. The van der Waals surface area contributed by atoms with E-state index < -0.39 is 5.97 Å². The quantitative estimate of drug-likeness (QED) is 0.514. The lowest BCUT2D eigenvalue weighted by Gasteiger charge is -2.09. The van der Waals surface area contributed by atoms with Gasteiger partial charge in [0.25, 0.3) is 5.91 Å². The van der Waals surface area contributed by atoms with Crippen molar-refractivity contribution < 1.29 is 14.3 Å². The average Bonchev–Trinajstić information content (AvgIpc) is 1.99. The van der Waals surface area contributed by atoms with Gasteiger partial charge in [-0.05, 0) is 0 Å². The van der Waals surface area contributed by atoms with Crippen molar-refractivity contribution in [1.29, 1.82) is 0 Å². The van der Waals surface area contributed by atoms with Crippen LogP contribution >= 0.6 is 0 Å². The summed E-state index contributed by atoms with van der Waals surface area (Å²) in [5.41, 5.74) is 4.93. The molecule has 11 heavy (non-hydrogen) atoms. The predicted molar refractivity (Wildman–Crippen MR) is 38.7 cm³/mol. The minimum Gasteiger partial charge on any atom is -0.455 e. The predicted octanol–water partition coefficient (Wildman–Crippen LogP) is -1.42. The molecule has 0 saturated heterocycles. The lowest BCUT2D eigenvalue weighted by Crippen LogP contribution is -2.29. The van der Waals surface area contributed by atoms with Crippen molar-refractivity contribution in [2.24, 2.45) is 5.73 Å². The lowest BCUT2D eigenvalue weighted by molar-refractivity contribution is -0.149. The highest BCUT2D eigenvalue weighted by atomic mass is 16.5. The van der Waals surface area contributed by atoms with Crippen LogP contribution in [0, 0.1) is 0 Å². The van der Waals surface area contributed by atoms with E-state index in [0.717, 1.165) is 0 Å². The number of carbonyl (C=O) groups excluding carboxylic acids is 2. The van der Waals surface area contributed by atoms with Crippen LogP contribution in [0.1, 0.15) is 0 Å². The molecular weight excluding hydrogens is 148 g/mol. The molecule has 5 heteroatoms. The number of rotatable bonds is 3. The fourth-order valence-corrected chi connectivity index (χ4v) is 0.330. The molecule has 0 aliphatic rings. The van der Waals surface area contributed by atoms with Crippen LogP contribution in [0.15, 0.2) is 0 Å². The summed E-state index contributed by atoms with van der Waals surface area (Å²) in [5, 5.41) is 0. The molecule has 0 aliphatic carbocycles. The molecule has 0 heterocycles. The van der Waals surface area contributed by atoms with Crippen LogP contribution in [0.4, 0.5) is 0 Å². The molecule has 0 bridgehead atoms. The van der Waals surface area contributed by atoms with Gasteiger partial charge in [0.2, 0.25) is 0 Å². The summed E-state index contributed by atoms with van der Waals surface area (Å²) in [7, 11) is 3.16. The van der Waals surface area contributed by atoms with E-state index in [1.807, 2.05) is 0 Å². The van der Waals surface area contributed by atoms with Gasteiger partial charge in [0.15, 0.2) is 6.61 Å². The summed E-state index contributed by atoms with van der Waals surface area (Å²) in [4.78, 5) is 22.5. The van der Waals surface area contributed by atoms with E-state index in [9.17, 15) is 9.59 Å². The Bertz CT molecular complexity index is 156. The van der Waals surface area contributed by atoms with Gasteiger partial charge in [-0.1, -0.05) is 0 Å². The molecule has 0 aromatic heterocycles. The Hall–Kier alpha value is -1.10. The molecule has 0 saturated carbocycles. The number of hydrogen-bond donors (Lipinski definition) is 1. The number of carbonyl (C=O) groups is 2. The molecule has 0 radical (unpaired) electrons. The Morgan fingerprint density at radius 1 is 1.45 bits per heavy atom. The first-order valence-electron chi connectivity index (χ1n) is 3.13. The van der Waals surface area contributed by atoms with Crippen molar-refractivity contribution in [2.75, 3.05) is 27.2 Å². The molecule has 0 aliphatic heterocycles. The van der Waals surface area contributed by atoms with Gasteiger partial charge in [-0.3, -0.25) is 9.59 Å². The summed E-state index contributed by atoms with van der Waals surface area (Å²) >= 11 is 0. The third-order valence-corrected chi connectivity index (χ3v) is 1.02. The Morgan fingerprint density at radius 3 is 2.36 bits per heavy atom. The molecule has 0 aromatic carbocycles. The summed E-state index contributed by atoms with van der Waals surface area (Å²) in [6, 6.07) is 0. The Labute approximate surface area is 65.1 Å². The highest BCUT2D eigenvalue weighted by Gasteiger charge is 2.06. The second kappa shape index (κ2) is 4.68. The smallest absolute Gasteiger partial charge is 0.320 e. The topological polar surface area (TPSA) is 72.6 Å². The molecular formula is C6H12N2O3. The fourth-order valence-electron chi connectivity index (χ4n) is 0.330. The minimum absolute atomic E-state index is 0.194. The van der Waals surface area contributed by atoms with E-state index in [-0.39, 0.29) is 19.1 Å². The van der Waals surface area contributed by atoms with Crippen molar-refractivity contribution >= 4 is 11.9 Å². The molecule has 0 unspecified atom stereocenters. The highest BCUT2D eigenvalue weighted by Crippen LogP contribution is 1.81. The largest absolute Gasteiger partial charge is 0.455 e. The molecule has 0 aromatic rings. The van der Waals surface area contributed by atoms with Crippen molar-refractivity contribution in [1.82, 2.24) is 4.90 Å². The minimum atomic E-state index is -0.569. The molecule has 0 fully saturated rings. The standard InChI is InChI=1S/C6H12N2O3/c1-8(2)5(9)4-11-6(10)3-7/h3-4,7H2,1-2H3. The third-order valence-electron chi connectivity index (χ3n) is 1.02. The molecule has 0 atom stereocenters. The van der Waals surface area contributed by atoms with Gasteiger partial charge in [0.05, 0.1) is 6.54 Å². The van der Waals surface area contributed by atoms with Gasteiger partial charge in [-0.15, -0.1) is 0 Å². The van der Waals surface area contributed by atoms with Crippen LogP contribution in [-0.4, -0.2) is 44.0 Å². The van der Waals surface area contributed by atoms with Gasteiger partial charge < -0.3 is 15.4 Å². The van der Waals surface area contributed by atoms with Crippen LogP contribution in [0.5, 0.6) is 0 Å². The monoisotopic (exact) mass is 160 g/mol. The molecule has 1 amide bonds. The van der Waals surface area contributed by atoms with E-state index in [1.54, 1.807) is 14.1 Å². The zero-order valence-corrected chi connectivity index (χ0v) is 6.66. The van der Waals surface area contributed by atoms with Gasteiger partial charge in [0, 0.05) is 14.1 Å². The SMILES string of the molecule is CN(C)C(=O)COC(=O)CN. The summed E-state index contributed by atoms with van der Waals surface area (Å²) in [6.07, 6.45) is 0. The number of esters is 1. The van der Waals surface area contributed by atoms with Crippen molar-refractivity contribution in [3.63, 3.8) is 0 Å². The zero-order chi connectivity index (χ0) is 8.85. The fraction of sp³-hybridized carbons (Fsp3) is 0.667. The summed E-state index contributed by atoms with van der Waals surface area (Å²) in [6.45, 7) is -0.427. The van der Waals surface area contributed by atoms with E-state index in [0.29, 0.717) is 0 Å². The number of likely N-dealkylation sites (N-methyl/N-ethyl adjacent to an activating group) is 1. The number of nitrogens with two attached hydrogens (primary N) is 1. The van der Waals surface area contributed by atoms with Crippen LogP contribution in [0.2, 0.25) is 0 Å². The zero-order valence-electron chi connectivity index (χ0n) is 6.66. The van der Waals surface area contributed by atoms with Crippen LogP contribution in [0.3, 0.4) is 0 Å². The van der Waals surface area contributed by atoms with E-state index in [4.69, 9.17) is 5.73 Å². The van der Waals surface area contributed by atoms with Crippen LogP contribution in [-0.2, 0) is 14.3 Å². The summed E-state index contributed by atoms with van der Waals surface area (Å²) < 4.78 is 4.46. The van der Waals surface area contributed by atoms with Crippen molar-refractivity contribution in [3.8, 4) is 0 Å². The second-order valence-corrected chi connectivity index (χ2v) is 2.15. The molecule has 0 spiro atoms. The van der Waals surface area contributed by atoms with Gasteiger partial charge in [-0.25, -0.2) is 0 Å². The lowest BCUT2D eigenvalue weighted by atomic mass is 10.6. The van der Waals surface area contributed by atoms with Gasteiger partial charge in [0.1, 0.15) is 0 Å². The van der Waals surface area contributed by atoms with E-state index in [1.165, 1.54) is 4.90 Å². The van der Waals surface area contributed by atoms with Crippen LogP contribution in [0.25, 0.3) is 0 Å². The van der Waals surface area contributed by atoms with Crippen molar-refractivity contribution in [2.45, 2.75) is 0 Å². The molecule has 5 nitrogen and oxygen atoms in total. The van der Waals surface area contributed by atoms with Gasteiger partial charge in [-0.2, -0.15) is 0 Å². The number of ether oxygens (including phenoxy) is 1. The Morgan fingerprint density at radius 2 is 2.00 bits per heavy atom. The average molecular weight is 160 g/mol. The molecule has 64 valence electrons. The number of amides is 1. The van der Waals surface area contributed by atoms with Gasteiger partial charge >= 0.3 is 5.97 Å². The molecule has 2 N–H and O–H groups in total. The van der Waals surface area contributed by atoms with Crippen LogP contribution < -0.4 is 5.73 Å². The Balaban J connectivity index is 3.54. The number of hydrogen-bond acceptors (Lipinski definition) is 4. The Kier molecular flexibility index (Phi) is 4.21. The van der Waals surface area contributed by atoms with Crippen molar-refractivity contribution in [3.05, 3.63) is 0 Å². The maximum Gasteiger partial charge on any atom is 0.320 e. The first-order valence-corrected chi connectivity index (χ1v) is 3.13. The first kappa shape index (κ1) is 9.90. The first-order chi connectivity index (χ1) is 5.07. The molecule has 0 rings (SSSR count). The normalized spacial score (nSPS) is 9.00. The highest BCUT2D eigenvalue weighted by molar-refractivity contribution is 5.80. The van der Waals surface area contributed by atoms with E-state index in [2.05, 4.69) is 4.74 Å². The maximum atomic E-state index is 10.8. The maximum absolute atomic E-state index is 10.8. The van der Waals surface area contributed by atoms with E-state index >= 15 is 0 Å².